The molecule has 2 rings (SSSR count). The summed E-state index contributed by atoms with van der Waals surface area (Å²) in [4.78, 5) is 9.78. The second-order valence-electron chi connectivity index (χ2n) is 7.54. The second kappa shape index (κ2) is 13.2. The lowest BCUT2D eigenvalue weighted by molar-refractivity contribution is 0.0900. The zero-order valence-electron chi connectivity index (χ0n) is 18.1. The zero-order valence-corrected chi connectivity index (χ0v) is 20.4. The highest BCUT2D eigenvalue weighted by Crippen LogP contribution is 2.18. The molecule has 28 heavy (non-hydrogen) atoms. The van der Waals surface area contributed by atoms with Gasteiger partial charge in [-0.3, -0.25) is 4.90 Å². The molecule has 0 amide bonds. The monoisotopic (exact) mass is 503 g/mol. The molecule has 1 aliphatic heterocycles. The molecule has 1 unspecified atom stereocenters. The highest BCUT2D eigenvalue weighted by Gasteiger charge is 2.25. The van der Waals surface area contributed by atoms with Crippen molar-refractivity contribution in [3.63, 3.8) is 0 Å². The number of hydrogen-bond acceptors (Lipinski definition) is 4. The molecule has 0 saturated carbocycles. The van der Waals surface area contributed by atoms with E-state index >= 15 is 0 Å². The molecule has 0 radical (unpaired) electrons. The van der Waals surface area contributed by atoms with Crippen LogP contribution < -0.4 is 15.4 Å². The van der Waals surface area contributed by atoms with Crippen molar-refractivity contribution in [1.29, 1.82) is 0 Å². The van der Waals surface area contributed by atoms with Crippen molar-refractivity contribution in [3.8, 4) is 5.75 Å². The molecule has 1 fully saturated rings. The number of piperazine rings is 1. The van der Waals surface area contributed by atoms with E-state index in [0.29, 0.717) is 18.5 Å². The van der Waals surface area contributed by atoms with Gasteiger partial charge in [-0.15, -0.1) is 24.0 Å². The minimum absolute atomic E-state index is 0. The summed E-state index contributed by atoms with van der Waals surface area (Å²) in [6.45, 7) is 13.6. The average molecular weight is 503 g/mol. The van der Waals surface area contributed by atoms with Crippen LogP contribution in [0.4, 0.5) is 0 Å². The molecule has 0 spiro atoms. The Bertz CT molecular complexity index is 588. The molecule has 7 heteroatoms. The third-order valence-electron chi connectivity index (χ3n) is 5.20. The van der Waals surface area contributed by atoms with Gasteiger partial charge >= 0.3 is 0 Å². The van der Waals surface area contributed by atoms with Gasteiger partial charge in [0.2, 0.25) is 0 Å². The Morgan fingerprint density at radius 3 is 2.43 bits per heavy atom. The number of para-hydroxylation sites is 1. The Morgan fingerprint density at radius 1 is 1.14 bits per heavy atom. The van der Waals surface area contributed by atoms with E-state index in [1.165, 1.54) is 0 Å². The van der Waals surface area contributed by atoms with Crippen molar-refractivity contribution in [2.45, 2.75) is 33.4 Å². The lowest BCUT2D eigenvalue weighted by Gasteiger charge is -2.40. The molecule has 1 heterocycles. The highest BCUT2D eigenvalue weighted by molar-refractivity contribution is 14.0. The van der Waals surface area contributed by atoms with Gasteiger partial charge in [0.1, 0.15) is 5.75 Å². The van der Waals surface area contributed by atoms with Crippen LogP contribution in [0.25, 0.3) is 0 Å². The van der Waals surface area contributed by atoms with Crippen LogP contribution in [0.3, 0.4) is 0 Å². The number of guanidine groups is 1. The van der Waals surface area contributed by atoms with Crippen LogP contribution in [-0.4, -0.2) is 75.2 Å². The lowest BCUT2D eigenvalue weighted by Crippen LogP contribution is -2.55. The standard InChI is InChI=1S/C21H37N5O.HI/c1-6-22-21(23-15-18-9-7-8-10-20(18)27-5)24-16-19(17(2)3)26-13-11-25(4)12-14-26;/h7-10,17,19H,6,11-16H2,1-5H3,(H2,22,23,24);1H. The van der Waals surface area contributed by atoms with Gasteiger partial charge in [-0.05, 0) is 26.0 Å². The molecule has 1 aromatic carbocycles. The van der Waals surface area contributed by atoms with Gasteiger partial charge < -0.3 is 20.3 Å². The van der Waals surface area contributed by atoms with Gasteiger partial charge in [-0.1, -0.05) is 32.0 Å². The van der Waals surface area contributed by atoms with Crippen LogP contribution in [0.1, 0.15) is 26.3 Å². The smallest absolute Gasteiger partial charge is 0.191 e. The van der Waals surface area contributed by atoms with Gasteiger partial charge in [-0.25, -0.2) is 4.99 Å². The van der Waals surface area contributed by atoms with Gasteiger partial charge in [0.25, 0.3) is 0 Å². The Hall–Kier alpha value is -1.06. The molecular weight excluding hydrogens is 465 g/mol. The van der Waals surface area contributed by atoms with Crippen LogP contribution in [0, 0.1) is 5.92 Å². The van der Waals surface area contributed by atoms with Gasteiger partial charge in [0, 0.05) is 50.9 Å². The third-order valence-corrected chi connectivity index (χ3v) is 5.20. The van der Waals surface area contributed by atoms with E-state index in [0.717, 1.165) is 56.5 Å². The first-order chi connectivity index (χ1) is 13.0. The number of halogens is 1. The average Bonchev–Trinajstić information content (AvgIpc) is 2.67. The predicted octanol–water partition coefficient (Wildman–Crippen LogP) is 2.64. The summed E-state index contributed by atoms with van der Waals surface area (Å²) in [7, 11) is 3.91. The first-order valence-corrected chi connectivity index (χ1v) is 10.1. The Kier molecular flexibility index (Phi) is 11.8. The molecule has 6 nitrogen and oxygen atoms in total. The maximum absolute atomic E-state index is 5.43. The predicted molar refractivity (Wildman–Crippen MR) is 129 cm³/mol. The van der Waals surface area contributed by atoms with Crippen molar-refractivity contribution in [1.82, 2.24) is 20.4 Å². The maximum Gasteiger partial charge on any atom is 0.191 e. The van der Waals surface area contributed by atoms with E-state index in [2.05, 4.69) is 54.3 Å². The fourth-order valence-electron chi connectivity index (χ4n) is 3.48. The number of ether oxygens (including phenoxy) is 1. The molecule has 1 aliphatic rings. The van der Waals surface area contributed by atoms with Crippen molar-refractivity contribution in [2.24, 2.45) is 10.9 Å². The normalized spacial score (nSPS) is 17.1. The Morgan fingerprint density at radius 2 is 1.82 bits per heavy atom. The second-order valence-corrected chi connectivity index (χ2v) is 7.54. The number of rotatable bonds is 8. The fraction of sp³-hybridized carbons (Fsp3) is 0.667. The molecule has 2 N–H and O–H groups in total. The van der Waals surface area contributed by atoms with E-state index in [9.17, 15) is 0 Å². The molecule has 0 aliphatic carbocycles. The quantitative estimate of drug-likeness (QED) is 0.325. The SMILES string of the molecule is CCNC(=NCc1ccccc1OC)NCC(C(C)C)N1CCN(C)CC1.I. The molecule has 1 atom stereocenters. The van der Waals surface area contributed by atoms with Crippen molar-refractivity contribution in [3.05, 3.63) is 29.8 Å². The van der Waals surface area contributed by atoms with Crippen LogP contribution >= 0.6 is 24.0 Å². The van der Waals surface area contributed by atoms with Gasteiger partial charge in [0.15, 0.2) is 5.96 Å². The van der Waals surface area contributed by atoms with Crippen LogP contribution in [0.5, 0.6) is 5.75 Å². The summed E-state index contributed by atoms with van der Waals surface area (Å²) in [6, 6.07) is 8.56. The highest BCUT2D eigenvalue weighted by atomic mass is 127. The van der Waals surface area contributed by atoms with E-state index in [1.54, 1.807) is 7.11 Å². The first kappa shape index (κ1) is 25.0. The molecular formula is C21H38IN5O. The number of methoxy groups -OCH3 is 1. The zero-order chi connectivity index (χ0) is 19.6. The fourth-order valence-corrected chi connectivity index (χ4v) is 3.48. The van der Waals surface area contributed by atoms with Gasteiger partial charge in [-0.2, -0.15) is 0 Å². The van der Waals surface area contributed by atoms with E-state index in [4.69, 9.17) is 9.73 Å². The number of nitrogens with zero attached hydrogens (tertiary/aromatic N) is 3. The summed E-state index contributed by atoms with van der Waals surface area (Å²) in [6.07, 6.45) is 0. The minimum atomic E-state index is 0. The van der Waals surface area contributed by atoms with Crippen molar-refractivity contribution in [2.75, 3.05) is 53.4 Å². The molecule has 0 bridgehead atoms. The summed E-state index contributed by atoms with van der Waals surface area (Å²) >= 11 is 0. The van der Waals surface area contributed by atoms with Gasteiger partial charge in [0.05, 0.1) is 13.7 Å². The van der Waals surface area contributed by atoms with E-state index in [-0.39, 0.29) is 24.0 Å². The van der Waals surface area contributed by atoms with E-state index < -0.39 is 0 Å². The number of nitrogens with one attached hydrogen (secondary N) is 2. The third kappa shape index (κ3) is 7.75. The number of likely N-dealkylation sites (N-methyl/N-ethyl adjacent to an activating group) is 1. The van der Waals surface area contributed by atoms with Crippen molar-refractivity contribution < 1.29 is 4.74 Å². The molecule has 1 saturated heterocycles. The first-order valence-electron chi connectivity index (χ1n) is 10.1. The molecule has 160 valence electrons. The van der Waals surface area contributed by atoms with Crippen LogP contribution in [0.2, 0.25) is 0 Å². The van der Waals surface area contributed by atoms with Crippen molar-refractivity contribution >= 4 is 29.9 Å². The van der Waals surface area contributed by atoms with Crippen LogP contribution in [0.15, 0.2) is 29.3 Å². The molecule has 0 aromatic heterocycles. The summed E-state index contributed by atoms with van der Waals surface area (Å²) in [5.74, 6) is 2.34. The maximum atomic E-state index is 5.43. The van der Waals surface area contributed by atoms with Crippen LogP contribution in [-0.2, 0) is 6.54 Å². The minimum Gasteiger partial charge on any atom is -0.496 e. The Balaban J connectivity index is 0.00000392. The number of benzene rings is 1. The van der Waals surface area contributed by atoms with E-state index in [1.807, 2.05) is 18.2 Å². The summed E-state index contributed by atoms with van der Waals surface area (Å²) < 4.78 is 5.43. The Labute approximate surface area is 188 Å². The number of aliphatic imine (C=N–C) groups is 1. The molecule has 1 aromatic rings. The lowest BCUT2D eigenvalue weighted by atomic mass is 10.0. The topological polar surface area (TPSA) is 52.1 Å². The summed E-state index contributed by atoms with van der Waals surface area (Å²) in [5, 5.41) is 6.93. The summed E-state index contributed by atoms with van der Waals surface area (Å²) in [5.41, 5.74) is 1.09. The largest absolute Gasteiger partial charge is 0.496 e. The number of hydrogen-bond donors (Lipinski definition) is 2.